The third kappa shape index (κ3) is 6.16. The van der Waals surface area contributed by atoms with E-state index in [0.29, 0.717) is 24.0 Å². The number of esters is 1. The molecule has 146 valence electrons. The number of aromatic nitrogens is 1. The van der Waals surface area contributed by atoms with E-state index in [0.717, 1.165) is 11.3 Å². The van der Waals surface area contributed by atoms with E-state index >= 15 is 0 Å². The van der Waals surface area contributed by atoms with E-state index in [1.807, 2.05) is 0 Å². The quantitative estimate of drug-likeness (QED) is 0.325. The van der Waals surface area contributed by atoms with Gasteiger partial charge in [-0.15, -0.1) is 24.5 Å². The van der Waals surface area contributed by atoms with E-state index < -0.39 is 35.3 Å². The number of rotatable bonds is 7. The molecular weight excluding hydrogens is 397 g/mol. The molecule has 0 bridgehead atoms. The highest BCUT2D eigenvalue weighted by Gasteiger charge is 2.33. The molecule has 1 aromatic heterocycles. The number of benzene rings is 1. The monoisotopic (exact) mass is 409 g/mol. The fourth-order valence-electron chi connectivity index (χ4n) is 1.82. The zero-order valence-corrected chi connectivity index (χ0v) is 14.5. The number of thiazole rings is 1. The molecule has 1 N–H and O–H groups in total. The van der Waals surface area contributed by atoms with Crippen molar-refractivity contribution in [1.82, 2.24) is 4.98 Å². The first-order valence-corrected chi connectivity index (χ1v) is 8.20. The van der Waals surface area contributed by atoms with Crippen molar-refractivity contribution >= 4 is 28.7 Å². The minimum atomic E-state index is -5.12. The number of nitrogens with zero attached hydrogens (tertiary/aromatic N) is 2. The molecule has 0 aliphatic carbocycles. The van der Waals surface area contributed by atoms with Gasteiger partial charge in [-0.2, -0.15) is 5.10 Å². The molecule has 6 nitrogen and oxygen atoms in total. The zero-order valence-electron chi connectivity index (χ0n) is 13.6. The Morgan fingerprint density at radius 2 is 2.11 bits per heavy atom. The third-order valence-electron chi connectivity index (χ3n) is 2.85. The van der Waals surface area contributed by atoms with Crippen LogP contribution in [0.15, 0.2) is 22.6 Å². The van der Waals surface area contributed by atoms with Gasteiger partial charge >= 0.3 is 12.3 Å². The van der Waals surface area contributed by atoms with Gasteiger partial charge in [0, 0.05) is 5.38 Å². The molecule has 1 aromatic carbocycles. The molecule has 2 aromatic rings. The second-order valence-electron chi connectivity index (χ2n) is 4.82. The summed E-state index contributed by atoms with van der Waals surface area (Å²) in [4.78, 5) is 15.4. The van der Waals surface area contributed by atoms with Crippen LogP contribution in [-0.2, 0) is 16.0 Å². The highest BCUT2D eigenvalue weighted by molar-refractivity contribution is 7.13. The Balaban J connectivity index is 2.07. The normalized spacial score (nSPS) is 11.6. The van der Waals surface area contributed by atoms with E-state index in [-0.39, 0.29) is 18.2 Å². The number of nitrogens with one attached hydrogen (secondary N) is 1. The molecular formula is C15H12F5N3O3S. The molecule has 2 rings (SSSR count). The van der Waals surface area contributed by atoms with Gasteiger partial charge in [0.2, 0.25) is 5.13 Å². The standard InChI is InChI=1S/C15H12F5N3O3S/c1-2-25-12(24)5-8-7-27-14(22-8)23-21-6-9-10(16)3-4-11(13(9)17)26-15(18,19)20/h3-4,6-7H,2,5H2,1H3,(H,22,23). The number of carbonyl (C=O) groups is 1. The molecule has 0 saturated heterocycles. The van der Waals surface area contributed by atoms with E-state index in [1.165, 1.54) is 0 Å². The number of ether oxygens (including phenoxy) is 2. The number of hydrogen-bond donors (Lipinski definition) is 1. The van der Waals surface area contributed by atoms with Crippen LogP contribution in [0.5, 0.6) is 5.75 Å². The predicted octanol–water partition coefficient (Wildman–Crippen LogP) is 3.87. The van der Waals surface area contributed by atoms with Crippen LogP contribution in [0.25, 0.3) is 0 Å². The van der Waals surface area contributed by atoms with Crippen molar-refractivity contribution in [3.63, 3.8) is 0 Å². The Hall–Kier alpha value is -2.76. The largest absolute Gasteiger partial charge is 0.573 e. The van der Waals surface area contributed by atoms with Crippen LogP contribution in [0.2, 0.25) is 0 Å². The molecule has 0 atom stereocenters. The summed E-state index contributed by atoms with van der Waals surface area (Å²) in [6.07, 6.45) is -4.53. The first kappa shape index (κ1) is 20.6. The van der Waals surface area contributed by atoms with Crippen LogP contribution in [0, 0.1) is 11.6 Å². The summed E-state index contributed by atoms with van der Waals surface area (Å²) in [5.74, 6) is -4.34. The summed E-state index contributed by atoms with van der Waals surface area (Å²) in [6.45, 7) is 1.89. The summed E-state index contributed by atoms with van der Waals surface area (Å²) < 4.78 is 72.5. The minimum absolute atomic E-state index is 0.0597. The molecule has 0 amide bonds. The fourth-order valence-corrected chi connectivity index (χ4v) is 2.48. The van der Waals surface area contributed by atoms with Crippen LogP contribution < -0.4 is 10.2 Å². The number of halogens is 5. The maximum atomic E-state index is 14.0. The van der Waals surface area contributed by atoms with Gasteiger partial charge in [-0.25, -0.2) is 13.8 Å². The van der Waals surface area contributed by atoms with Gasteiger partial charge < -0.3 is 9.47 Å². The zero-order chi connectivity index (χ0) is 20.0. The molecule has 0 spiro atoms. The first-order chi connectivity index (χ1) is 12.7. The molecule has 0 fully saturated rings. The molecule has 0 aliphatic rings. The summed E-state index contributed by atoms with van der Waals surface area (Å²) in [5, 5.41) is 5.29. The van der Waals surface area contributed by atoms with Crippen molar-refractivity contribution in [1.29, 1.82) is 0 Å². The summed E-state index contributed by atoms with van der Waals surface area (Å²) >= 11 is 1.06. The number of anilines is 1. The van der Waals surface area contributed by atoms with Gasteiger partial charge in [-0.05, 0) is 19.1 Å². The van der Waals surface area contributed by atoms with Gasteiger partial charge in [0.15, 0.2) is 11.6 Å². The lowest BCUT2D eigenvalue weighted by Crippen LogP contribution is -2.18. The van der Waals surface area contributed by atoms with Gasteiger partial charge in [-0.3, -0.25) is 10.2 Å². The van der Waals surface area contributed by atoms with Crippen molar-refractivity contribution < 1.29 is 36.2 Å². The topological polar surface area (TPSA) is 72.8 Å². The molecule has 0 radical (unpaired) electrons. The van der Waals surface area contributed by atoms with Gasteiger partial charge in [0.25, 0.3) is 0 Å². The summed E-state index contributed by atoms with van der Waals surface area (Å²) in [5.41, 5.74) is 1.94. The van der Waals surface area contributed by atoms with Crippen LogP contribution in [0.4, 0.5) is 27.1 Å². The van der Waals surface area contributed by atoms with E-state index in [2.05, 4.69) is 20.2 Å². The van der Waals surface area contributed by atoms with Gasteiger partial charge in [-0.1, -0.05) is 0 Å². The Kier molecular flexibility index (Phi) is 6.66. The third-order valence-corrected chi connectivity index (χ3v) is 3.65. The number of carbonyl (C=O) groups excluding carboxylic acids is 1. The average Bonchev–Trinajstić information content (AvgIpc) is 3.00. The SMILES string of the molecule is CCOC(=O)Cc1csc(NN=Cc2c(F)ccc(OC(F)(F)F)c2F)n1. The van der Waals surface area contributed by atoms with Crippen LogP contribution in [0.3, 0.4) is 0 Å². The smallest absolute Gasteiger partial charge is 0.466 e. The highest BCUT2D eigenvalue weighted by Crippen LogP contribution is 2.28. The summed E-state index contributed by atoms with van der Waals surface area (Å²) in [6, 6.07) is 1.14. The van der Waals surface area contributed by atoms with Crippen molar-refractivity contribution in [2.24, 2.45) is 5.10 Å². The minimum Gasteiger partial charge on any atom is -0.466 e. The maximum absolute atomic E-state index is 14.0. The lowest BCUT2D eigenvalue weighted by atomic mass is 10.2. The lowest BCUT2D eigenvalue weighted by molar-refractivity contribution is -0.275. The maximum Gasteiger partial charge on any atom is 0.573 e. The molecule has 27 heavy (non-hydrogen) atoms. The van der Waals surface area contributed by atoms with Crippen LogP contribution >= 0.6 is 11.3 Å². The Bertz CT molecular complexity index is 839. The van der Waals surface area contributed by atoms with Gasteiger partial charge in [0.1, 0.15) is 5.82 Å². The fraction of sp³-hybridized carbons (Fsp3) is 0.267. The molecule has 12 heteroatoms. The van der Waals surface area contributed by atoms with Gasteiger partial charge in [0.05, 0.1) is 30.5 Å². The number of alkyl halides is 3. The lowest BCUT2D eigenvalue weighted by Gasteiger charge is -2.10. The van der Waals surface area contributed by atoms with Crippen molar-refractivity contribution in [3.05, 3.63) is 40.4 Å². The Morgan fingerprint density at radius 1 is 1.37 bits per heavy atom. The number of hydrazone groups is 1. The summed E-state index contributed by atoms with van der Waals surface area (Å²) in [7, 11) is 0. The Morgan fingerprint density at radius 3 is 2.78 bits per heavy atom. The molecule has 1 heterocycles. The second-order valence-corrected chi connectivity index (χ2v) is 5.67. The number of hydrogen-bond acceptors (Lipinski definition) is 7. The van der Waals surface area contributed by atoms with E-state index in [1.54, 1.807) is 12.3 Å². The van der Waals surface area contributed by atoms with E-state index in [4.69, 9.17) is 4.74 Å². The van der Waals surface area contributed by atoms with Crippen LogP contribution in [0.1, 0.15) is 18.2 Å². The molecule has 0 saturated carbocycles. The first-order valence-electron chi connectivity index (χ1n) is 7.32. The molecule has 0 aliphatic heterocycles. The van der Waals surface area contributed by atoms with Crippen molar-refractivity contribution in [2.45, 2.75) is 19.7 Å². The van der Waals surface area contributed by atoms with Crippen LogP contribution in [-0.4, -0.2) is 30.1 Å². The average molecular weight is 409 g/mol. The second kappa shape index (κ2) is 8.75. The molecule has 0 unspecified atom stereocenters. The van der Waals surface area contributed by atoms with E-state index in [9.17, 15) is 26.7 Å². The highest BCUT2D eigenvalue weighted by atomic mass is 32.1. The Labute approximate surface area is 153 Å². The van der Waals surface area contributed by atoms with Crippen molar-refractivity contribution in [2.75, 3.05) is 12.0 Å². The predicted molar refractivity (Wildman–Crippen MR) is 86.7 cm³/mol. The van der Waals surface area contributed by atoms with Crippen molar-refractivity contribution in [3.8, 4) is 5.75 Å².